The van der Waals surface area contributed by atoms with Crippen LogP contribution in [0.25, 0.3) is 28.5 Å². The van der Waals surface area contributed by atoms with Gasteiger partial charge in [-0.05, 0) is 53.8 Å². The molecule has 1 heterocycles. The second-order valence-corrected chi connectivity index (χ2v) is 6.01. The zero-order chi connectivity index (χ0) is 17.8. The summed E-state index contributed by atoms with van der Waals surface area (Å²) < 4.78 is 0. The van der Waals surface area contributed by atoms with Crippen LogP contribution in [0, 0.1) is 18.3 Å². The molecule has 0 bridgehead atoms. The van der Waals surface area contributed by atoms with Gasteiger partial charge in [-0.25, -0.2) is 0 Å². The molecule has 0 aliphatic carbocycles. The topological polar surface area (TPSA) is 36.7 Å². The molecule has 122 valence electrons. The highest BCUT2D eigenvalue weighted by atomic mass is 14.7. The first-order chi connectivity index (χ1) is 12.2. The zero-order valence-electron chi connectivity index (χ0n) is 14.6. The molecule has 2 nitrogen and oxygen atoms in total. The summed E-state index contributed by atoms with van der Waals surface area (Å²) in [4.78, 5) is 4.61. The minimum Gasteiger partial charge on any atom is -0.256 e. The van der Waals surface area contributed by atoms with Crippen LogP contribution in [0.3, 0.4) is 0 Å². The Kier molecular flexibility index (Phi) is 4.77. The van der Waals surface area contributed by atoms with E-state index in [1.165, 1.54) is 5.56 Å². The summed E-state index contributed by atoms with van der Waals surface area (Å²) in [7, 11) is 0. The van der Waals surface area contributed by atoms with Crippen LogP contribution in [-0.2, 0) is 6.42 Å². The van der Waals surface area contributed by atoms with E-state index in [-0.39, 0.29) is 0 Å². The molecule has 0 amide bonds. The van der Waals surface area contributed by atoms with Gasteiger partial charge in [0, 0.05) is 17.3 Å². The number of nitrogens with zero attached hydrogens (tertiary/aromatic N) is 2. The average molecular weight is 324 g/mol. The summed E-state index contributed by atoms with van der Waals surface area (Å²) in [6.45, 7) is 7.99. The van der Waals surface area contributed by atoms with Crippen molar-refractivity contribution < 1.29 is 0 Å². The molecule has 2 heteroatoms. The molecular formula is C23H20N2. The van der Waals surface area contributed by atoms with Crippen molar-refractivity contribution in [3.63, 3.8) is 0 Å². The van der Waals surface area contributed by atoms with Crippen LogP contribution in [0.4, 0.5) is 0 Å². The highest BCUT2D eigenvalue weighted by Gasteiger charge is 2.11. The fourth-order valence-corrected chi connectivity index (χ4v) is 3.08. The van der Waals surface area contributed by atoms with Crippen LogP contribution >= 0.6 is 0 Å². The van der Waals surface area contributed by atoms with Crippen molar-refractivity contribution in [2.75, 3.05) is 0 Å². The number of aromatic nitrogens is 1. The molecule has 25 heavy (non-hydrogen) atoms. The van der Waals surface area contributed by atoms with Gasteiger partial charge in [-0.1, -0.05) is 49.9 Å². The van der Waals surface area contributed by atoms with Crippen molar-refractivity contribution in [3.8, 4) is 28.5 Å². The molecule has 0 N–H and O–H groups in total. The van der Waals surface area contributed by atoms with Gasteiger partial charge in [0.25, 0.3) is 0 Å². The molecule has 0 atom stereocenters. The average Bonchev–Trinajstić information content (AvgIpc) is 2.67. The summed E-state index contributed by atoms with van der Waals surface area (Å²) in [6, 6.07) is 18.6. The standard InChI is InChI=1S/C23H20N2/c1-4-17-8-11-20(13-16(17)3)23-22(7-6-12-25-23)19-10-9-18(5-2)21(14-19)15-24/h4,6-14H,1,5H2,2-3H3. The van der Waals surface area contributed by atoms with Crippen molar-refractivity contribution in [3.05, 3.63) is 83.6 Å². The highest BCUT2D eigenvalue weighted by molar-refractivity contribution is 5.82. The summed E-state index contributed by atoms with van der Waals surface area (Å²) in [5.74, 6) is 0. The number of pyridine rings is 1. The van der Waals surface area contributed by atoms with E-state index in [1.807, 2.05) is 24.3 Å². The molecule has 0 spiro atoms. The Hall–Kier alpha value is -3.18. The Balaban J connectivity index is 2.16. The summed E-state index contributed by atoms with van der Waals surface area (Å²) in [6.07, 6.45) is 4.52. The van der Waals surface area contributed by atoms with Gasteiger partial charge < -0.3 is 0 Å². The predicted octanol–water partition coefficient (Wildman–Crippen LogP) is 5.80. The monoisotopic (exact) mass is 324 g/mol. The lowest BCUT2D eigenvalue weighted by Crippen LogP contribution is -1.93. The molecule has 0 saturated carbocycles. The maximum absolute atomic E-state index is 9.43. The van der Waals surface area contributed by atoms with Gasteiger partial charge in [-0.3, -0.25) is 4.98 Å². The Morgan fingerprint density at radius 3 is 2.60 bits per heavy atom. The molecule has 0 aliphatic heterocycles. The quantitative estimate of drug-likeness (QED) is 0.608. The van der Waals surface area contributed by atoms with Crippen molar-refractivity contribution in [1.29, 1.82) is 5.26 Å². The van der Waals surface area contributed by atoms with Crippen molar-refractivity contribution in [1.82, 2.24) is 4.98 Å². The van der Waals surface area contributed by atoms with Gasteiger partial charge in [0.15, 0.2) is 0 Å². The maximum Gasteiger partial charge on any atom is 0.0994 e. The molecule has 3 rings (SSSR count). The van der Waals surface area contributed by atoms with Crippen molar-refractivity contribution in [2.45, 2.75) is 20.3 Å². The third-order valence-electron chi connectivity index (χ3n) is 4.49. The van der Waals surface area contributed by atoms with Gasteiger partial charge in [-0.15, -0.1) is 0 Å². The molecule has 3 aromatic rings. The number of nitriles is 1. The Morgan fingerprint density at radius 1 is 1.12 bits per heavy atom. The third-order valence-corrected chi connectivity index (χ3v) is 4.49. The molecule has 0 fully saturated rings. The number of benzene rings is 2. The number of hydrogen-bond acceptors (Lipinski definition) is 2. The molecule has 1 aromatic heterocycles. The van der Waals surface area contributed by atoms with E-state index in [0.717, 1.165) is 45.5 Å². The second kappa shape index (κ2) is 7.15. The third kappa shape index (κ3) is 3.22. The van der Waals surface area contributed by atoms with Gasteiger partial charge in [-0.2, -0.15) is 5.26 Å². The van der Waals surface area contributed by atoms with Crippen LogP contribution in [0.15, 0.2) is 61.3 Å². The van der Waals surface area contributed by atoms with Gasteiger partial charge in [0.2, 0.25) is 0 Å². The van der Waals surface area contributed by atoms with E-state index < -0.39 is 0 Å². The van der Waals surface area contributed by atoms with Crippen molar-refractivity contribution in [2.24, 2.45) is 0 Å². The first-order valence-electron chi connectivity index (χ1n) is 8.39. The lowest BCUT2D eigenvalue weighted by atomic mass is 9.94. The molecule has 0 unspecified atom stereocenters. The van der Waals surface area contributed by atoms with Crippen LogP contribution in [-0.4, -0.2) is 4.98 Å². The lowest BCUT2D eigenvalue weighted by molar-refractivity contribution is 1.13. The molecular weight excluding hydrogens is 304 g/mol. The van der Waals surface area contributed by atoms with Gasteiger partial charge in [0.1, 0.15) is 0 Å². The summed E-state index contributed by atoms with van der Waals surface area (Å²) in [5, 5.41) is 9.43. The van der Waals surface area contributed by atoms with E-state index in [4.69, 9.17) is 0 Å². The smallest absolute Gasteiger partial charge is 0.0994 e. The van der Waals surface area contributed by atoms with E-state index >= 15 is 0 Å². The summed E-state index contributed by atoms with van der Waals surface area (Å²) in [5.41, 5.74) is 8.14. The SMILES string of the molecule is C=Cc1ccc(-c2ncccc2-c2ccc(CC)c(C#N)c2)cc1C. The van der Waals surface area contributed by atoms with Gasteiger partial charge >= 0.3 is 0 Å². The molecule has 0 aliphatic rings. The number of hydrogen-bond donors (Lipinski definition) is 0. The first-order valence-corrected chi connectivity index (χ1v) is 8.39. The van der Waals surface area contributed by atoms with Crippen LogP contribution in [0.1, 0.15) is 29.2 Å². The zero-order valence-corrected chi connectivity index (χ0v) is 14.6. The fraction of sp³-hybridized carbons (Fsp3) is 0.130. The second-order valence-electron chi connectivity index (χ2n) is 6.01. The fourth-order valence-electron chi connectivity index (χ4n) is 3.08. The van der Waals surface area contributed by atoms with E-state index in [0.29, 0.717) is 0 Å². The van der Waals surface area contributed by atoms with E-state index in [1.54, 1.807) is 6.20 Å². The minimum absolute atomic E-state index is 0.730. The van der Waals surface area contributed by atoms with Crippen LogP contribution in [0.5, 0.6) is 0 Å². The summed E-state index contributed by atoms with van der Waals surface area (Å²) >= 11 is 0. The normalized spacial score (nSPS) is 10.3. The lowest BCUT2D eigenvalue weighted by Gasteiger charge is -2.12. The Labute approximate surface area is 149 Å². The van der Waals surface area contributed by atoms with Crippen LogP contribution in [0.2, 0.25) is 0 Å². The minimum atomic E-state index is 0.730. The highest BCUT2D eigenvalue weighted by Crippen LogP contribution is 2.32. The first kappa shape index (κ1) is 16.7. The molecule has 2 aromatic carbocycles. The number of rotatable bonds is 4. The largest absolute Gasteiger partial charge is 0.256 e. The maximum atomic E-state index is 9.43. The number of aryl methyl sites for hydroxylation is 2. The predicted molar refractivity (Wildman–Crippen MR) is 104 cm³/mol. The van der Waals surface area contributed by atoms with E-state index in [9.17, 15) is 5.26 Å². The Bertz CT molecular complexity index is 978. The van der Waals surface area contributed by atoms with Gasteiger partial charge in [0.05, 0.1) is 17.3 Å². The van der Waals surface area contributed by atoms with E-state index in [2.05, 4.69) is 61.8 Å². The van der Waals surface area contributed by atoms with Crippen molar-refractivity contribution >= 4 is 6.08 Å². The Morgan fingerprint density at radius 2 is 1.92 bits per heavy atom. The molecule has 0 saturated heterocycles. The molecule has 0 radical (unpaired) electrons. The van der Waals surface area contributed by atoms with Crippen LogP contribution < -0.4 is 0 Å².